The van der Waals surface area contributed by atoms with E-state index in [9.17, 15) is 13.2 Å². The molecule has 2 aliphatic rings. The Bertz CT molecular complexity index is 1350. The molecule has 0 spiro atoms. The van der Waals surface area contributed by atoms with Crippen molar-refractivity contribution < 1.29 is 27.4 Å². The lowest BCUT2D eigenvalue weighted by Crippen LogP contribution is -2.39. The number of ketones is 1. The number of carbonyl (C=O) groups excluding carboxylic acids is 1. The highest BCUT2D eigenvalue weighted by molar-refractivity contribution is 7.92. The number of ether oxygens (including phenoxy) is 3. The van der Waals surface area contributed by atoms with Crippen molar-refractivity contribution in [3.8, 4) is 0 Å². The maximum Gasteiger partial charge on any atom is 0.193 e. The van der Waals surface area contributed by atoms with Crippen LogP contribution in [-0.4, -0.2) is 45.6 Å². The van der Waals surface area contributed by atoms with Crippen molar-refractivity contribution in [3.05, 3.63) is 107 Å². The van der Waals surface area contributed by atoms with Gasteiger partial charge in [-0.1, -0.05) is 78.4 Å². The van der Waals surface area contributed by atoms with E-state index in [1.54, 1.807) is 48.5 Å². The van der Waals surface area contributed by atoms with Crippen LogP contribution in [0.1, 0.15) is 21.5 Å². The topological polar surface area (TPSA) is 78.9 Å². The summed E-state index contributed by atoms with van der Waals surface area (Å²) in [4.78, 5) is 14.2. The molecule has 4 atom stereocenters. The molecule has 2 bridgehead atoms. The van der Waals surface area contributed by atoms with Crippen LogP contribution >= 0.6 is 0 Å². The molecule has 3 aromatic rings. The Morgan fingerprint density at radius 1 is 0.914 bits per heavy atom. The number of Topliss-reactive ketones (excluding diaryl/α,β-unsaturated/α-hetero) is 1. The normalized spacial score (nSPS) is 24.1. The Morgan fingerprint density at radius 2 is 1.54 bits per heavy atom. The van der Waals surface area contributed by atoms with Crippen LogP contribution in [0.2, 0.25) is 0 Å². The van der Waals surface area contributed by atoms with Gasteiger partial charge in [0, 0.05) is 18.2 Å². The van der Waals surface area contributed by atoms with E-state index in [2.05, 4.69) is 0 Å². The second-order valence-electron chi connectivity index (χ2n) is 8.74. The van der Waals surface area contributed by atoms with Crippen LogP contribution in [0.5, 0.6) is 0 Å². The lowest BCUT2D eigenvalue weighted by Gasteiger charge is -2.25. The van der Waals surface area contributed by atoms with E-state index >= 15 is 0 Å². The lowest BCUT2D eigenvalue weighted by atomic mass is 9.86. The van der Waals surface area contributed by atoms with Gasteiger partial charge in [0.05, 0.1) is 16.4 Å². The number of fused-ring (bicyclic) bond motifs is 2. The Morgan fingerprint density at radius 3 is 2.17 bits per heavy atom. The molecule has 7 heteroatoms. The lowest BCUT2D eigenvalue weighted by molar-refractivity contribution is -0.136. The molecule has 2 aliphatic heterocycles. The molecule has 0 radical (unpaired) electrons. The molecule has 0 unspecified atom stereocenters. The zero-order valence-electron chi connectivity index (χ0n) is 19.5. The largest absolute Gasteiger partial charge is 0.490 e. The molecule has 6 nitrogen and oxygen atoms in total. The third-order valence-corrected chi connectivity index (χ3v) is 8.79. The summed E-state index contributed by atoms with van der Waals surface area (Å²) in [5.74, 6) is -0.838. The zero-order valence-corrected chi connectivity index (χ0v) is 20.3. The molecular formula is C28H26O6S. The summed E-state index contributed by atoms with van der Waals surface area (Å²) in [6.07, 6.45) is -1.73. The van der Waals surface area contributed by atoms with E-state index in [0.717, 1.165) is 5.56 Å². The van der Waals surface area contributed by atoms with Crippen LogP contribution in [0.25, 0.3) is 5.76 Å². The van der Waals surface area contributed by atoms with Gasteiger partial charge >= 0.3 is 0 Å². The Hall–Kier alpha value is -3.26. The van der Waals surface area contributed by atoms with Crippen molar-refractivity contribution in [1.82, 2.24) is 0 Å². The minimum atomic E-state index is -3.91. The highest BCUT2D eigenvalue weighted by Gasteiger charge is 2.57. The first-order chi connectivity index (χ1) is 16.9. The summed E-state index contributed by atoms with van der Waals surface area (Å²) >= 11 is 0. The van der Waals surface area contributed by atoms with Crippen LogP contribution in [0.3, 0.4) is 0 Å². The second-order valence-corrected chi connectivity index (χ2v) is 10.8. The highest BCUT2D eigenvalue weighted by Crippen LogP contribution is 2.46. The van der Waals surface area contributed by atoms with Gasteiger partial charge in [-0.3, -0.25) is 4.79 Å². The summed E-state index contributed by atoms with van der Waals surface area (Å²) < 4.78 is 45.8. The number of hydrogen-bond donors (Lipinski definition) is 0. The standard InChI is InChI=1S/C28H26O6S/c1-18-13-15-21(16-14-18)35(30,31)27-22-17-33-26(20-11-7-4-8-12-20)23(24(27)28(32-2)34-22)25(29)19-9-5-3-6-10-19/h3-16,22,24,27-28H,17H2,1-2H3/t22-,24+,27-,28-/m1/s1. The predicted molar refractivity (Wildman–Crippen MR) is 131 cm³/mol. The molecule has 3 aromatic carbocycles. The molecule has 180 valence electrons. The summed E-state index contributed by atoms with van der Waals surface area (Å²) in [5, 5.41) is -1.06. The highest BCUT2D eigenvalue weighted by atomic mass is 32.2. The number of sulfone groups is 1. The molecule has 35 heavy (non-hydrogen) atoms. The van der Waals surface area contributed by atoms with Gasteiger partial charge < -0.3 is 14.2 Å². The fourth-order valence-corrected chi connectivity index (χ4v) is 6.88. The minimum absolute atomic E-state index is 0.0259. The molecule has 0 N–H and O–H groups in total. The Kier molecular flexibility index (Phi) is 6.32. The van der Waals surface area contributed by atoms with Gasteiger partial charge in [0.1, 0.15) is 23.7 Å². The molecular weight excluding hydrogens is 464 g/mol. The number of rotatable bonds is 6. The van der Waals surface area contributed by atoms with Crippen LogP contribution in [0, 0.1) is 12.8 Å². The van der Waals surface area contributed by atoms with Crippen LogP contribution in [0.15, 0.2) is 95.4 Å². The molecule has 1 fully saturated rings. The summed E-state index contributed by atoms with van der Waals surface area (Å²) in [7, 11) is -2.44. The molecule has 0 amide bonds. The van der Waals surface area contributed by atoms with Gasteiger partial charge in [-0.25, -0.2) is 8.42 Å². The Labute approximate surface area is 205 Å². The fraction of sp³-hybridized carbons (Fsp3) is 0.250. The number of aryl methyl sites for hydroxylation is 1. The van der Waals surface area contributed by atoms with Crippen molar-refractivity contribution in [3.63, 3.8) is 0 Å². The van der Waals surface area contributed by atoms with Gasteiger partial charge in [-0.2, -0.15) is 0 Å². The third kappa shape index (κ3) is 4.20. The van der Waals surface area contributed by atoms with Crippen molar-refractivity contribution >= 4 is 21.4 Å². The van der Waals surface area contributed by atoms with E-state index in [0.29, 0.717) is 16.9 Å². The molecule has 0 aromatic heterocycles. The average Bonchev–Trinajstić information content (AvgIpc) is 3.16. The van der Waals surface area contributed by atoms with Gasteiger partial charge in [0.2, 0.25) is 0 Å². The molecule has 0 aliphatic carbocycles. The summed E-state index contributed by atoms with van der Waals surface area (Å²) in [6.45, 7) is 1.87. The number of benzene rings is 3. The quantitative estimate of drug-likeness (QED) is 0.475. The van der Waals surface area contributed by atoms with Crippen molar-refractivity contribution in [2.75, 3.05) is 13.7 Å². The van der Waals surface area contributed by atoms with Crippen LogP contribution in [-0.2, 0) is 24.0 Å². The number of methoxy groups -OCH3 is 1. The third-order valence-electron chi connectivity index (χ3n) is 6.55. The SMILES string of the molecule is CO[C@@H]1O[C@@H]2COC(c3ccccc3)=C(C(=O)c3ccccc3)[C@H]1[C@@H]2S(=O)(=O)c1ccc(C)cc1. The minimum Gasteiger partial charge on any atom is -0.490 e. The van der Waals surface area contributed by atoms with Crippen molar-refractivity contribution in [1.29, 1.82) is 0 Å². The number of carbonyl (C=O) groups is 1. The van der Waals surface area contributed by atoms with E-state index in [4.69, 9.17) is 14.2 Å². The van der Waals surface area contributed by atoms with Gasteiger partial charge in [-0.15, -0.1) is 0 Å². The maximum atomic E-state index is 14.0. The van der Waals surface area contributed by atoms with E-state index in [1.165, 1.54) is 7.11 Å². The first-order valence-corrected chi connectivity index (χ1v) is 13.0. The fourth-order valence-electron chi connectivity index (χ4n) is 4.86. The monoisotopic (exact) mass is 490 g/mol. The maximum absolute atomic E-state index is 14.0. The van der Waals surface area contributed by atoms with Crippen molar-refractivity contribution in [2.24, 2.45) is 5.92 Å². The van der Waals surface area contributed by atoms with Gasteiger partial charge in [-0.05, 0) is 19.1 Å². The molecule has 0 saturated carbocycles. The van der Waals surface area contributed by atoms with E-state index < -0.39 is 33.4 Å². The predicted octanol–water partition coefficient (Wildman–Crippen LogP) is 4.45. The van der Waals surface area contributed by atoms with Crippen LogP contribution in [0.4, 0.5) is 0 Å². The first-order valence-electron chi connectivity index (χ1n) is 11.4. The van der Waals surface area contributed by atoms with E-state index in [1.807, 2.05) is 43.3 Å². The molecule has 5 rings (SSSR count). The number of hydrogen-bond acceptors (Lipinski definition) is 6. The molecule has 2 heterocycles. The summed E-state index contributed by atoms with van der Waals surface area (Å²) in [6, 6.07) is 24.8. The van der Waals surface area contributed by atoms with Gasteiger partial charge in [0.25, 0.3) is 0 Å². The zero-order chi connectivity index (χ0) is 24.6. The smallest absolute Gasteiger partial charge is 0.193 e. The van der Waals surface area contributed by atoms with Gasteiger partial charge in [0.15, 0.2) is 21.9 Å². The average molecular weight is 491 g/mol. The van der Waals surface area contributed by atoms with Crippen LogP contribution < -0.4 is 0 Å². The first kappa shape index (κ1) is 23.5. The van der Waals surface area contributed by atoms with Crippen molar-refractivity contribution in [2.45, 2.75) is 29.5 Å². The molecule has 1 saturated heterocycles. The second kappa shape index (κ2) is 9.41. The Balaban J connectivity index is 1.73. The van der Waals surface area contributed by atoms with E-state index in [-0.39, 0.29) is 22.9 Å². The summed E-state index contributed by atoms with van der Waals surface area (Å²) in [5.41, 5.74) is 2.33.